The maximum Gasteiger partial charge on any atom is 0.408 e. The third kappa shape index (κ3) is 6.97. The van der Waals surface area contributed by atoms with E-state index in [1.54, 1.807) is 57.0 Å². The first-order valence-corrected chi connectivity index (χ1v) is 11.9. The topological polar surface area (TPSA) is 97.0 Å². The van der Waals surface area contributed by atoms with Crippen molar-refractivity contribution >= 4 is 23.6 Å². The van der Waals surface area contributed by atoms with Crippen molar-refractivity contribution in [3.05, 3.63) is 59.7 Å². The smallest absolute Gasteiger partial charge is 0.408 e. The minimum absolute atomic E-state index is 0.0887. The molecule has 8 heteroatoms. The average molecular weight is 482 g/mol. The Hall–Kier alpha value is -3.55. The van der Waals surface area contributed by atoms with E-state index in [1.807, 2.05) is 31.2 Å². The Balaban J connectivity index is 1.88. The van der Waals surface area contributed by atoms with E-state index in [-0.39, 0.29) is 24.4 Å². The van der Waals surface area contributed by atoms with Crippen LogP contribution in [0.1, 0.15) is 57.2 Å². The number of ether oxygens (including phenoxy) is 2. The number of carbonyl (C=O) groups excluding carboxylic acids is 3. The average Bonchev–Trinajstić information content (AvgIpc) is 2.76. The quantitative estimate of drug-likeness (QED) is 0.575. The summed E-state index contributed by atoms with van der Waals surface area (Å²) in [6.07, 6.45) is 1.91. The van der Waals surface area contributed by atoms with Gasteiger partial charge < -0.3 is 25.0 Å². The van der Waals surface area contributed by atoms with Gasteiger partial charge in [-0.25, -0.2) is 4.79 Å². The lowest BCUT2D eigenvalue weighted by molar-refractivity contribution is -0.143. The van der Waals surface area contributed by atoms with Crippen molar-refractivity contribution in [2.45, 2.75) is 64.6 Å². The molecule has 35 heavy (non-hydrogen) atoms. The lowest BCUT2D eigenvalue weighted by atomic mass is 9.88. The van der Waals surface area contributed by atoms with E-state index in [4.69, 9.17) is 9.47 Å². The highest BCUT2D eigenvalue weighted by molar-refractivity contribution is 5.98. The summed E-state index contributed by atoms with van der Waals surface area (Å²) in [6, 6.07) is 13.6. The minimum Gasteiger partial charge on any atom is -0.497 e. The molecular formula is C27H35N3O5. The molecule has 0 bridgehead atoms. The Morgan fingerprint density at radius 2 is 1.71 bits per heavy atom. The normalized spacial score (nSPS) is 14.3. The largest absolute Gasteiger partial charge is 0.497 e. The molecule has 0 spiro atoms. The van der Waals surface area contributed by atoms with Gasteiger partial charge >= 0.3 is 6.09 Å². The van der Waals surface area contributed by atoms with Crippen LogP contribution in [-0.4, -0.2) is 48.1 Å². The molecule has 1 aliphatic rings. The number of nitrogens with zero attached hydrogens (tertiary/aromatic N) is 1. The molecule has 1 unspecified atom stereocenters. The van der Waals surface area contributed by atoms with Crippen LogP contribution in [0.3, 0.4) is 0 Å². The predicted molar refractivity (Wildman–Crippen MR) is 134 cm³/mol. The van der Waals surface area contributed by atoms with Crippen LogP contribution in [0.2, 0.25) is 0 Å². The van der Waals surface area contributed by atoms with Gasteiger partial charge in [0, 0.05) is 11.7 Å². The van der Waals surface area contributed by atoms with Crippen LogP contribution >= 0.6 is 0 Å². The molecule has 0 aromatic heterocycles. The molecule has 0 radical (unpaired) electrons. The first-order valence-electron chi connectivity index (χ1n) is 11.9. The molecule has 2 aromatic carbocycles. The number of rotatable bonds is 8. The van der Waals surface area contributed by atoms with E-state index in [0.29, 0.717) is 11.4 Å². The Bertz CT molecular complexity index is 1040. The molecular weight excluding hydrogens is 446 g/mol. The Labute approximate surface area is 207 Å². The molecule has 1 saturated carbocycles. The van der Waals surface area contributed by atoms with Crippen LogP contribution in [0.4, 0.5) is 10.5 Å². The van der Waals surface area contributed by atoms with Gasteiger partial charge in [-0.3, -0.25) is 9.59 Å². The summed E-state index contributed by atoms with van der Waals surface area (Å²) < 4.78 is 10.5. The molecule has 0 heterocycles. The van der Waals surface area contributed by atoms with Gasteiger partial charge in [0.2, 0.25) is 5.91 Å². The first-order chi connectivity index (χ1) is 16.6. The van der Waals surface area contributed by atoms with Crippen LogP contribution < -0.4 is 15.4 Å². The summed E-state index contributed by atoms with van der Waals surface area (Å²) in [5, 5.41) is 5.50. The summed E-state index contributed by atoms with van der Waals surface area (Å²) in [6.45, 7) is 6.93. The van der Waals surface area contributed by atoms with Crippen LogP contribution in [0.25, 0.3) is 0 Å². The van der Waals surface area contributed by atoms with Gasteiger partial charge in [-0.1, -0.05) is 24.3 Å². The van der Waals surface area contributed by atoms with Crippen molar-refractivity contribution in [3.63, 3.8) is 0 Å². The van der Waals surface area contributed by atoms with Gasteiger partial charge in [-0.2, -0.15) is 0 Å². The second kappa shape index (κ2) is 11.3. The highest BCUT2D eigenvalue weighted by Crippen LogP contribution is 2.35. The van der Waals surface area contributed by atoms with Crippen molar-refractivity contribution in [2.75, 3.05) is 19.0 Å². The number of carbonyl (C=O) groups is 3. The van der Waals surface area contributed by atoms with E-state index in [2.05, 4.69) is 10.6 Å². The predicted octanol–water partition coefficient (Wildman–Crippen LogP) is 4.59. The van der Waals surface area contributed by atoms with Crippen LogP contribution in [0, 0.1) is 6.92 Å². The highest BCUT2D eigenvalue weighted by atomic mass is 16.6. The fraction of sp³-hybridized carbons (Fsp3) is 0.444. The molecule has 3 amide bonds. The number of benzene rings is 2. The summed E-state index contributed by atoms with van der Waals surface area (Å²) in [5.41, 5.74) is 1.57. The molecule has 3 rings (SSSR count). The van der Waals surface area contributed by atoms with Gasteiger partial charge in [0.25, 0.3) is 5.91 Å². The molecule has 8 nitrogen and oxygen atoms in total. The Morgan fingerprint density at radius 1 is 1.06 bits per heavy atom. The lowest BCUT2D eigenvalue weighted by Gasteiger charge is -2.42. The maximum atomic E-state index is 13.7. The second-order valence-corrected chi connectivity index (χ2v) is 9.72. The zero-order chi connectivity index (χ0) is 25.6. The van der Waals surface area contributed by atoms with Crippen LogP contribution in [-0.2, 0) is 14.3 Å². The first kappa shape index (κ1) is 26.1. The molecule has 2 aromatic rings. The summed E-state index contributed by atoms with van der Waals surface area (Å²) in [7, 11) is 1.58. The molecule has 1 aliphatic carbocycles. The third-order valence-electron chi connectivity index (χ3n) is 5.91. The zero-order valence-electron chi connectivity index (χ0n) is 21.1. The third-order valence-corrected chi connectivity index (χ3v) is 5.91. The monoisotopic (exact) mass is 481 g/mol. The van der Waals surface area contributed by atoms with E-state index >= 15 is 0 Å². The van der Waals surface area contributed by atoms with Crippen LogP contribution in [0.15, 0.2) is 48.5 Å². The fourth-order valence-electron chi connectivity index (χ4n) is 3.97. The fourth-order valence-corrected chi connectivity index (χ4v) is 3.97. The van der Waals surface area contributed by atoms with Crippen LogP contribution in [0.5, 0.6) is 5.75 Å². The van der Waals surface area contributed by atoms with Gasteiger partial charge in [0.15, 0.2) is 0 Å². The van der Waals surface area contributed by atoms with E-state index in [1.165, 1.54) is 0 Å². The number of hydrogen-bond donors (Lipinski definition) is 2. The molecule has 0 saturated heterocycles. The second-order valence-electron chi connectivity index (χ2n) is 9.72. The zero-order valence-corrected chi connectivity index (χ0v) is 21.1. The van der Waals surface area contributed by atoms with E-state index < -0.39 is 17.7 Å². The van der Waals surface area contributed by atoms with Crippen molar-refractivity contribution in [2.24, 2.45) is 0 Å². The Morgan fingerprint density at radius 3 is 2.26 bits per heavy atom. The molecule has 188 valence electrons. The number of anilines is 1. The van der Waals surface area contributed by atoms with Gasteiger partial charge in [0.05, 0.1) is 7.11 Å². The SMILES string of the molecule is COc1ccc(NC(=O)C(c2ccccc2C)N(C(=O)CNC(=O)OC(C)(C)C)C2CCC2)cc1. The standard InChI is InChI=1S/C27H35N3O5/c1-18-9-6-7-12-22(18)24(25(32)29-19-13-15-21(34-5)16-14-19)30(20-10-8-11-20)23(31)17-28-26(33)35-27(2,3)4/h6-7,9,12-16,20,24H,8,10-11,17H2,1-5H3,(H,28,33)(H,29,32). The van der Waals surface area contributed by atoms with Crippen molar-refractivity contribution in [1.29, 1.82) is 0 Å². The van der Waals surface area contributed by atoms with E-state index in [9.17, 15) is 14.4 Å². The van der Waals surface area contributed by atoms with Gasteiger partial charge in [-0.15, -0.1) is 0 Å². The van der Waals surface area contributed by atoms with Crippen molar-refractivity contribution < 1.29 is 23.9 Å². The van der Waals surface area contributed by atoms with Gasteiger partial charge in [-0.05, 0) is 82.3 Å². The maximum absolute atomic E-state index is 13.7. The van der Waals surface area contributed by atoms with Crippen molar-refractivity contribution in [1.82, 2.24) is 10.2 Å². The van der Waals surface area contributed by atoms with Crippen molar-refractivity contribution in [3.8, 4) is 5.75 Å². The molecule has 2 N–H and O–H groups in total. The molecule has 0 aliphatic heterocycles. The summed E-state index contributed by atoms with van der Waals surface area (Å²) in [4.78, 5) is 41.0. The number of nitrogens with one attached hydrogen (secondary N) is 2. The molecule has 1 atom stereocenters. The number of alkyl carbamates (subject to hydrolysis) is 1. The number of methoxy groups -OCH3 is 1. The number of aryl methyl sites for hydroxylation is 1. The Kier molecular flexibility index (Phi) is 8.38. The summed E-state index contributed by atoms with van der Waals surface area (Å²) in [5.74, 6) is 0.0265. The summed E-state index contributed by atoms with van der Waals surface area (Å²) >= 11 is 0. The molecule has 1 fully saturated rings. The number of amides is 3. The lowest BCUT2D eigenvalue weighted by Crippen LogP contribution is -2.53. The van der Waals surface area contributed by atoms with Gasteiger partial charge in [0.1, 0.15) is 23.9 Å². The highest BCUT2D eigenvalue weighted by Gasteiger charge is 2.39. The number of hydrogen-bond acceptors (Lipinski definition) is 5. The minimum atomic E-state index is -0.850. The van der Waals surface area contributed by atoms with E-state index in [0.717, 1.165) is 30.4 Å².